The molecule has 3 rings (SSSR count). The maximum absolute atomic E-state index is 11.5. The number of aromatic amines is 1. The summed E-state index contributed by atoms with van der Waals surface area (Å²) in [7, 11) is 1.17. The molecule has 0 atom stereocenters. The summed E-state index contributed by atoms with van der Waals surface area (Å²) in [6, 6.07) is 5.96. The van der Waals surface area contributed by atoms with Crippen molar-refractivity contribution in [1.29, 1.82) is 0 Å². The Hall–Kier alpha value is -2.69. The molecular weight excluding hydrogens is 417 g/mol. The molecule has 0 saturated heterocycles. The number of benzene rings is 1. The fraction of sp³-hybridized carbons (Fsp3) is 0.0667. The highest BCUT2D eigenvalue weighted by Gasteiger charge is 2.22. The minimum atomic E-state index is -0.722. The summed E-state index contributed by atoms with van der Waals surface area (Å²) in [6.07, 6.45) is 1.19. The normalized spacial score (nSPS) is 10.6. The van der Waals surface area contributed by atoms with Crippen LogP contribution in [0.3, 0.4) is 0 Å². The molecule has 138 valence electrons. The van der Waals surface area contributed by atoms with Gasteiger partial charge in [-0.1, -0.05) is 23.2 Å². The van der Waals surface area contributed by atoms with Crippen LogP contribution in [0.15, 0.2) is 40.6 Å². The van der Waals surface area contributed by atoms with E-state index >= 15 is 0 Å². The minimum Gasteiger partial charge on any atom is -0.465 e. The molecule has 1 aromatic carbocycles. The predicted octanol–water partition coefficient (Wildman–Crippen LogP) is 4.02. The number of aromatic nitrogens is 4. The second kappa shape index (κ2) is 7.91. The summed E-state index contributed by atoms with van der Waals surface area (Å²) in [6.45, 7) is 0. The van der Waals surface area contributed by atoms with Gasteiger partial charge in [0.25, 0.3) is 0 Å². The van der Waals surface area contributed by atoms with E-state index in [4.69, 9.17) is 23.2 Å². The second-order valence-electron chi connectivity index (χ2n) is 5.02. The molecule has 0 aliphatic carbocycles. The first-order chi connectivity index (χ1) is 12.9. The molecule has 9 nitrogen and oxygen atoms in total. The number of hydrogen-bond acceptors (Lipinski definition) is 8. The Kier molecular flexibility index (Phi) is 5.59. The number of nitrogens with zero attached hydrogens (tertiary/aromatic N) is 4. The van der Waals surface area contributed by atoms with E-state index in [9.17, 15) is 14.9 Å². The van der Waals surface area contributed by atoms with Gasteiger partial charge in [-0.05, 0) is 30.0 Å². The molecule has 0 amide bonds. The molecule has 0 saturated carbocycles. The van der Waals surface area contributed by atoms with E-state index in [0.29, 0.717) is 21.4 Å². The number of H-pyrrole nitrogens is 1. The number of methoxy groups -OCH3 is 1. The number of hydrogen-bond donors (Lipinski definition) is 1. The highest BCUT2D eigenvalue weighted by atomic mass is 35.5. The van der Waals surface area contributed by atoms with Crippen LogP contribution in [0.5, 0.6) is 0 Å². The Morgan fingerprint density at radius 1 is 1.26 bits per heavy atom. The number of rotatable bonds is 5. The smallest absolute Gasteiger partial charge is 0.339 e. The molecule has 0 radical (unpaired) electrons. The third kappa shape index (κ3) is 4.35. The molecular formula is C15H9Cl2N5O4S. The van der Waals surface area contributed by atoms with E-state index in [-0.39, 0.29) is 21.4 Å². The quantitative estimate of drug-likeness (QED) is 0.369. The van der Waals surface area contributed by atoms with Crippen molar-refractivity contribution in [2.75, 3.05) is 7.11 Å². The van der Waals surface area contributed by atoms with Crippen molar-refractivity contribution in [1.82, 2.24) is 20.2 Å². The van der Waals surface area contributed by atoms with Crippen LogP contribution in [0.1, 0.15) is 10.4 Å². The van der Waals surface area contributed by atoms with Crippen LogP contribution in [0, 0.1) is 10.1 Å². The van der Waals surface area contributed by atoms with Gasteiger partial charge in [0.2, 0.25) is 5.16 Å². The predicted molar refractivity (Wildman–Crippen MR) is 98.2 cm³/mol. The fourth-order valence-corrected chi connectivity index (χ4v) is 3.35. The summed E-state index contributed by atoms with van der Waals surface area (Å²) in [5.41, 5.74) is 0.216. The van der Waals surface area contributed by atoms with Crippen LogP contribution < -0.4 is 0 Å². The molecule has 0 aliphatic heterocycles. The van der Waals surface area contributed by atoms with Crippen LogP contribution >= 0.6 is 35.0 Å². The molecule has 0 unspecified atom stereocenters. The Bertz CT molecular complexity index is 1020. The summed E-state index contributed by atoms with van der Waals surface area (Å²) < 4.78 is 4.54. The first-order valence-corrected chi connectivity index (χ1v) is 8.74. The molecule has 0 bridgehead atoms. The zero-order valence-electron chi connectivity index (χ0n) is 13.5. The average Bonchev–Trinajstić information content (AvgIpc) is 3.09. The lowest BCUT2D eigenvalue weighted by molar-refractivity contribution is -0.388. The van der Waals surface area contributed by atoms with E-state index in [1.165, 1.54) is 13.3 Å². The van der Waals surface area contributed by atoms with Gasteiger partial charge < -0.3 is 4.74 Å². The number of pyridine rings is 1. The molecule has 2 heterocycles. The maximum atomic E-state index is 11.5. The van der Waals surface area contributed by atoms with Crippen molar-refractivity contribution in [2.45, 2.75) is 10.2 Å². The van der Waals surface area contributed by atoms with Crippen molar-refractivity contribution >= 4 is 46.6 Å². The molecule has 1 N–H and O–H groups in total. The van der Waals surface area contributed by atoms with Crippen LogP contribution in [0.4, 0.5) is 5.69 Å². The van der Waals surface area contributed by atoms with Gasteiger partial charge in [-0.3, -0.25) is 15.2 Å². The zero-order chi connectivity index (χ0) is 19.6. The lowest BCUT2D eigenvalue weighted by atomic mass is 10.2. The first-order valence-electron chi connectivity index (χ1n) is 7.17. The lowest BCUT2D eigenvalue weighted by Crippen LogP contribution is -2.04. The maximum Gasteiger partial charge on any atom is 0.339 e. The number of nitrogens with one attached hydrogen (secondary N) is 1. The molecule has 12 heteroatoms. The minimum absolute atomic E-state index is 0.0298. The van der Waals surface area contributed by atoms with Crippen LogP contribution in [0.25, 0.3) is 11.4 Å². The molecule has 0 fully saturated rings. The Morgan fingerprint density at radius 2 is 1.96 bits per heavy atom. The summed E-state index contributed by atoms with van der Waals surface area (Å²) >= 11 is 12.8. The fourth-order valence-electron chi connectivity index (χ4n) is 2.08. The Morgan fingerprint density at radius 3 is 2.59 bits per heavy atom. The third-order valence-electron chi connectivity index (χ3n) is 3.24. The molecule has 0 spiro atoms. The van der Waals surface area contributed by atoms with E-state index < -0.39 is 10.9 Å². The van der Waals surface area contributed by atoms with Crippen molar-refractivity contribution < 1.29 is 14.5 Å². The lowest BCUT2D eigenvalue weighted by Gasteiger charge is -2.02. The van der Waals surface area contributed by atoms with E-state index in [2.05, 4.69) is 24.9 Å². The number of halogens is 2. The van der Waals surface area contributed by atoms with E-state index in [0.717, 1.165) is 17.8 Å². The van der Waals surface area contributed by atoms with E-state index in [1.807, 2.05) is 0 Å². The SMILES string of the molecule is COC(=O)c1cnc(Sc2n[nH]c(-c3cc(Cl)cc(Cl)c3)n2)c([N+](=O)[O-])c1. The monoisotopic (exact) mass is 425 g/mol. The standard InChI is InChI=1S/C15H9Cl2N5O4S/c1-26-14(23)8-4-11(22(24)25)13(18-6-8)27-15-19-12(20-21-15)7-2-9(16)5-10(17)3-7/h2-6H,1H3,(H,19,20,21). The number of nitro groups is 1. The van der Waals surface area contributed by atoms with Crippen LogP contribution in [-0.2, 0) is 4.74 Å². The van der Waals surface area contributed by atoms with Crippen molar-refractivity contribution in [3.63, 3.8) is 0 Å². The number of carbonyl (C=O) groups is 1. The summed E-state index contributed by atoms with van der Waals surface area (Å²) in [5, 5.41) is 19.1. The average molecular weight is 426 g/mol. The molecule has 3 aromatic rings. The van der Waals surface area contributed by atoms with Crippen LogP contribution in [-0.4, -0.2) is 38.2 Å². The van der Waals surface area contributed by atoms with Gasteiger partial charge in [-0.25, -0.2) is 14.8 Å². The zero-order valence-corrected chi connectivity index (χ0v) is 15.8. The molecule has 2 aromatic heterocycles. The van der Waals surface area contributed by atoms with Crippen molar-refractivity contribution in [2.24, 2.45) is 0 Å². The van der Waals surface area contributed by atoms with Gasteiger partial charge in [0.15, 0.2) is 10.9 Å². The van der Waals surface area contributed by atoms with Crippen LogP contribution in [0.2, 0.25) is 10.0 Å². The molecule has 27 heavy (non-hydrogen) atoms. The highest BCUT2D eigenvalue weighted by Crippen LogP contribution is 2.33. The summed E-state index contributed by atoms with van der Waals surface area (Å²) in [4.78, 5) is 30.4. The highest BCUT2D eigenvalue weighted by molar-refractivity contribution is 7.99. The van der Waals surface area contributed by atoms with E-state index in [1.54, 1.807) is 18.2 Å². The van der Waals surface area contributed by atoms with Crippen molar-refractivity contribution in [3.8, 4) is 11.4 Å². The topological polar surface area (TPSA) is 124 Å². The first kappa shape index (κ1) is 19.1. The van der Waals surface area contributed by atoms with Gasteiger partial charge in [-0.15, -0.1) is 5.10 Å². The van der Waals surface area contributed by atoms with Gasteiger partial charge in [-0.2, -0.15) is 0 Å². The van der Waals surface area contributed by atoms with Gasteiger partial charge in [0.05, 0.1) is 17.6 Å². The second-order valence-corrected chi connectivity index (χ2v) is 6.85. The summed E-state index contributed by atoms with van der Waals surface area (Å²) in [5.74, 6) is -0.337. The van der Waals surface area contributed by atoms with Gasteiger partial charge in [0, 0.05) is 27.9 Å². The van der Waals surface area contributed by atoms with Crippen molar-refractivity contribution in [3.05, 3.63) is 56.2 Å². The number of ether oxygens (including phenoxy) is 1. The Labute approximate surface area is 166 Å². The largest absolute Gasteiger partial charge is 0.465 e. The van der Waals surface area contributed by atoms with Gasteiger partial charge in [0.1, 0.15) is 0 Å². The Balaban J connectivity index is 1.91. The molecule has 0 aliphatic rings. The number of carbonyl (C=O) groups excluding carboxylic acids is 1. The number of esters is 1. The third-order valence-corrected chi connectivity index (χ3v) is 4.55. The van der Waals surface area contributed by atoms with Gasteiger partial charge >= 0.3 is 11.7 Å².